The van der Waals surface area contributed by atoms with Crippen LogP contribution in [-0.2, 0) is 4.74 Å². The summed E-state index contributed by atoms with van der Waals surface area (Å²) in [6, 6.07) is 9.61. The second-order valence-corrected chi connectivity index (χ2v) is 3.68. The van der Waals surface area contributed by atoms with Gasteiger partial charge in [0, 0.05) is 7.11 Å². The Kier molecular flexibility index (Phi) is 3.67. The molecular weight excluding hydrogens is 176 g/mol. The lowest BCUT2D eigenvalue weighted by atomic mass is 9.90. The number of aliphatic hydroxyl groups is 1. The van der Waals surface area contributed by atoms with Crippen LogP contribution in [0.25, 0.3) is 0 Å². The van der Waals surface area contributed by atoms with Crippen LogP contribution in [0.2, 0.25) is 0 Å². The van der Waals surface area contributed by atoms with Gasteiger partial charge in [-0.2, -0.15) is 0 Å². The van der Waals surface area contributed by atoms with Gasteiger partial charge >= 0.3 is 0 Å². The van der Waals surface area contributed by atoms with Gasteiger partial charge in [-0.25, -0.2) is 0 Å². The first-order valence-electron chi connectivity index (χ1n) is 4.92. The number of aliphatic hydroxyl groups excluding tert-OH is 1. The summed E-state index contributed by atoms with van der Waals surface area (Å²) in [6.45, 7) is 3.93. The van der Waals surface area contributed by atoms with E-state index in [1.54, 1.807) is 7.11 Å². The maximum absolute atomic E-state index is 10.1. The number of hydrogen-bond donors (Lipinski definition) is 1. The molecule has 0 bridgehead atoms. The first-order chi connectivity index (χ1) is 6.64. The minimum Gasteiger partial charge on any atom is -0.385 e. The van der Waals surface area contributed by atoms with E-state index in [1.165, 1.54) is 0 Å². The zero-order valence-corrected chi connectivity index (χ0v) is 9.03. The Bertz CT molecular complexity index is 265. The first-order valence-corrected chi connectivity index (χ1v) is 4.92. The maximum atomic E-state index is 10.1. The molecule has 0 aliphatic carbocycles. The Balaban J connectivity index is 2.89. The standard InChI is InChI=1S/C12H18O2/c1-4-12(2,14-3)11(13)10-8-6-5-7-9-10/h5-9,11,13H,4H2,1-3H3. The normalized spacial score (nSPS) is 17.4. The SMILES string of the molecule is CCC(C)(OC)C(O)c1ccccc1. The molecule has 0 aliphatic rings. The van der Waals surface area contributed by atoms with E-state index in [4.69, 9.17) is 4.74 Å². The summed E-state index contributed by atoms with van der Waals surface area (Å²) in [5.74, 6) is 0. The van der Waals surface area contributed by atoms with E-state index in [2.05, 4.69) is 0 Å². The number of rotatable bonds is 4. The van der Waals surface area contributed by atoms with Gasteiger partial charge in [0.25, 0.3) is 0 Å². The average Bonchev–Trinajstić information content (AvgIpc) is 2.28. The highest BCUT2D eigenvalue weighted by molar-refractivity contribution is 5.19. The predicted molar refractivity (Wildman–Crippen MR) is 57.1 cm³/mol. The lowest BCUT2D eigenvalue weighted by Crippen LogP contribution is -2.34. The van der Waals surface area contributed by atoms with Crippen LogP contribution < -0.4 is 0 Å². The van der Waals surface area contributed by atoms with E-state index in [-0.39, 0.29) is 0 Å². The molecule has 14 heavy (non-hydrogen) atoms. The van der Waals surface area contributed by atoms with Gasteiger partial charge in [0.05, 0.1) is 5.60 Å². The molecule has 2 heteroatoms. The number of benzene rings is 1. The van der Waals surface area contributed by atoms with Crippen LogP contribution in [0.15, 0.2) is 30.3 Å². The number of ether oxygens (including phenoxy) is 1. The molecule has 1 rings (SSSR count). The third-order valence-corrected chi connectivity index (χ3v) is 2.86. The minimum atomic E-state index is -0.571. The summed E-state index contributed by atoms with van der Waals surface area (Å²) in [5.41, 5.74) is 0.403. The largest absolute Gasteiger partial charge is 0.385 e. The van der Waals surface area contributed by atoms with Crippen molar-refractivity contribution in [2.45, 2.75) is 32.0 Å². The van der Waals surface area contributed by atoms with Crippen molar-refractivity contribution in [3.05, 3.63) is 35.9 Å². The first kappa shape index (κ1) is 11.2. The van der Waals surface area contributed by atoms with Crippen molar-refractivity contribution < 1.29 is 9.84 Å². The lowest BCUT2D eigenvalue weighted by Gasteiger charge is -2.32. The van der Waals surface area contributed by atoms with E-state index >= 15 is 0 Å². The van der Waals surface area contributed by atoms with Crippen molar-refractivity contribution in [1.29, 1.82) is 0 Å². The molecule has 0 aromatic heterocycles. The van der Waals surface area contributed by atoms with Gasteiger partial charge in [0.1, 0.15) is 6.10 Å². The molecule has 0 saturated heterocycles. The van der Waals surface area contributed by atoms with Crippen molar-refractivity contribution >= 4 is 0 Å². The zero-order chi connectivity index (χ0) is 10.6. The van der Waals surface area contributed by atoms with Crippen LogP contribution in [0.5, 0.6) is 0 Å². The molecule has 1 aromatic rings. The van der Waals surface area contributed by atoms with Crippen molar-refractivity contribution in [3.63, 3.8) is 0 Å². The fraction of sp³-hybridized carbons (Fsp3) is 0.500. The predicted octanol–water partition coefficient (Wildman–Crippen LogP) is 2.54. The van der Waals surface area contributed by atoms with E-state index < -0.39 is 11.7 Å². The molecule has 0 fully saturated rings. The second kappa shape index (κ2) is 4.58. The zero-order valence-electron chi connectivity index (χ0n) is 9.03. The number of hydrogen-bond acceptors (Lipinski definition) is 2. The lowest BCUT2D eigenvalue weighted by molar-refractivity contribution is -0.0944. The van der Waals surface area contributed by atoms with Crippen LogP contribution >= 0.6 is 0 Å². The molecule has 78 valence electrons. The summed E-state index contributed by atoms with van der Waals surface area (Å²) < 4.78 is 5.35. The van der Waals surface area contributed by atoms with Crippen molar-refractivity contribution in [2.75, 3.05) is 7.11 Å². The molecule has 0 heterocycles. The highest BCUT2D eigenvalue weighted by Crippen LogP contribution is 2.30. The van der Waals surface area contributed by atoms with Crippen molar-refractivity contribution in [1.82, 2.24) is 0 Å². The Morgan fingerprint density at radius 1 is 1.36 bits per heavy atom. The summed E-state index contributed by atoms with van der Waals surface area (Å²) in [7, 11) is 1.63. The fourth-order valence-corrected chi connectivity index (χ4v) is 1.44. The minimum absolute atomic E-state index is 0.499. The topological polar surface area (TPSA) is 29.5 Å². The summed E-state index contributed by atoms with van der Waals surface area (Å²) >= 11 is 0. The number of methoxy groups -OCH3 is 1. The molecule has 2 unspecified atom stereocenters. The van der Waals surface area contributed by atoms with E-state index in [0.29, 0.717) is 0 Å². The van der Waals surface area contributed by atoms with Gasteiger partial charge in [-0.05, 0) is 18.9 Å². The highest BCUT2D eigenvalue weighted by atomic mass is 16.5. The molecule has 1 aromatic carbocycles. The molecule has 0 aliphatic heterocycles. The monoisotopic (exact) mass is 194 g/mol. The van der Waals surface area contributed by atoms with Crippen LogP contribution in [0.4, 0.5) is 0 Å². The highest BCUT2D eigenvalue weighted by Gasteiger charge is 2.31. The van der Waals surface area contributed by atoms with Crippen LogP contribution in [-0.4, -0.2) is 17.8 Å². The van der Waals surface area contributed by atoms with Gasteiger partial charge in [-0.1, -0.05) is 37.3 Å². The van der Waals surface area contributed by atoms with E-state index in [1.807, 2.05) is 44.2 Å². The molecule has 0 radical (unpaired) electrons. The Labute approximate surface area is 85.5 Å². The smallest absolute Gasteiger partial charge is 0.108 e. The third kappa shape index (κ3) is 2.14. The molecule has 1 N–H and O–H groups in total. The van der Waals surface area contributed by atoms with Gasteiger partial charge in [0.15, 0.2) is 0 Å². The molecule has 0 saturated carbocycles. The quantitative estimate of drug-likeness (QED) is 0.798. The van der Waals surface area contributed by atoms with Gasteiger partial charge in [-0.15, -0.1) is 0 Å². The van der Waals surface area contributed by atoms with Crippen LogP contribution in [0, 0.1) is 0 Å². The molecule has 0 amide bonds. The molecule has 2 nitrogen and oxygen atoms in total. The Morgan fingerprint density at radius 2 is 1.93 bits per heavy atom. The van der Waals surface area contributed by atoms with E-state index in [9.17, 15) is 5.11 Å². The van der Waals surface area contributed by atoms with Crippen LogP contribution in [0.3, 0.4) is 0 Å². The van der Waals surface area contributed by atoms with Crippen LogP contribution in [0.1, 0.15) is 31.9 Å². The van der Waals surface area contributed by atoms with Gasteiger partial charge in [-0.3, -0.25) is 0 Å². The van der Waals surface area contributed by atoms with Crippen molar-refractivity contribution in [2.24, 2.45) is 0 Å². The van der Waals surface area contributed by atoms with Gasteiger partial charge < -0.3 is 9.84 Å². The molecule has 0 spiro atoms. The van der Waals surface area contributed by atoms with E-state index in [0.717, 1.165) is 12.0 Å². The summed E-state index contributed by atoms with van der Waals surface area (Å²) in [6.07, 6.45) is 0.207. The summed E-state index contributed by atoms with van der Waals surface area (Å²) in [4.78, 5) is 0. The fourth-order valence-electron chi connectivity index (χ4n) is 1.44. The van der Waals surface area contributed by atoms with Gasteiger partial charge in [0.2, 0.25) is 0 Å². The molecular formula is C12H18O2. The third-order valence-electron chi connectivity index (χ3n) is 2.86. The maximum Gasteiger partial charge on any atom is 0.108 e. The second-order valence-electron chi connectivity index (χ2n) is 3.68. The summed E-state index contributed by atoms with van der Waals surface area (Å²) in [5, 5.41) is 10.1. The molecule has 2 atom stereocenters. The Morgan fingerprint density at radius 3 is 2.36 bits per heavy atom. The average molecular weight is 194 g/mol. The Hall–Kier alpha value is -0.860. The van der Waals surface area contributed by atoms with Crippen molar-refractivity contribution in [3.8, 4) is 0 Å².